The summed E-state index contributed by atoms with van der Waals surface area (Å²) in [5.41, 5.74) is 1.20. The molecule has 0 radical (unpaired) electrons. The lowest BCUT2D eigenvalue weighted by Gasteiger charge is -2.24. The maximum Gasteiger partial charge on any atom is 0.0946 e. The quantitative estimate of drug-likeness (QED) is 0.767. The van der Waals surface area contributed by atoms with E-state index < -0.39 is 0 Å². The van der Waals surface area contributed by atoms with Gasteiger partial charge in [0, 0.05) is 17.3 Å². The van der Waals surface area contributed by atoms with Gasteiger partial charge in [-0.3, -0.25) is 0 Å². The number of aromatic nitrogens is 1. The first-order valence-corrected chi connectivity index (χ1v) is 8.06. The lowest BCUT2D eigenvalue weighted by Crippen LogP contribution is -2.36. The van der Waals surface area contributed by atoms with E-state index in [-0.39, 0.29) is 0 Å². The number of likely N-dealkylation sites (N-methyl/N-ethyl adjacent to an activating group) is 1. The maximum atomic E-state index is 4.67. The van der Waals surface area contributed by atoms with Gasteiger partial charge in [-0.1, -0.05) is 33.6 Å². The van der Waals surface area contributed by atoms with Crippen molar-refractivity contribution in [1.82, 2.24) is 10.3 Å². The molecular formula is C15H28N2S. The highest BCUT2D eigenvalue weighted by molar-refractivity contribution is 7.11. The highest BCUT2D eigenvalue weighted by Crippen LogP contribution is 2.21. The second kappa shape index (κ2) is 7.90. The minimum atomic E-state index is 0.575. The molecular weight excluding hydrogens is 240 g/mol. The Kier molecular flexibility index (Phi) is 6.87. The van der Waals surface area contributed by atoms with Crippen LogP contribution in [-0.4, -0.2) is 17.6 Å². The number of rotatable bonds is 8. The van der Waals surface area contributed by atoms with Gasteiger partial charge in [0.05, 0.1) is 10.7 Å². The summed E-state index contributed by atoms with van der Waals surface area (Å²) in [7, 11) is 0. The third-order valence-corrected chi connectivity index (χ3v) is 4.73. The van der Waals surface area contributed by atoms with Crippen LogP contribution in [0.1, 0.15) is 55.6 Å². The van der Waals surface area contributed by atoms with Gasteiger partial charge < -0.3 is 5.32 Å². The van der Waals surface area contributed by atoms with Gasteiger partial charge in [-0.05, 0) is 32.7 Å². The Balaban J connectivity index is 2.61. The second-order valence-corrected chi connectivity index (χ2v) is 6.52. The van der Waals surface area contributed by atoms with Crippen LogP contribution in [0.2, 0.25) is 0 Å². The number of nitrogens with zero attached hydrogens (tertiary/aromatic N) is 1. The van der Waals surface area contributed by atoms with Crippen LogP contribution in [0.5, 0.6) is 0 Å². The fourth-order valence-electron chi connectivity index (χ4n) is 2.28. The zero-order valence-electron chi connectivity index (χ0n) is 12.5. The summed E-state index contributed by atoms with van der Waals surface area (Å²) in [4.78, 5) is 6.04. The Hall–Kier alpha value is -0.410. The van der Waals surface area contributed by atoms with Crippen LogP contribution >= 0.6 is 11.3 Å². The number of hydrogen-bond acceptors (Lipinski definition) is 3. The van der Waals surface area contributed by atoms with Gasteiger partial charge in [-0.15, -0.1) is 11.3 Å². The van der Waals surface area contributed by atoms with Gasteiger partial charge in [0.25, 0.3) is 0 Å². The molecule has 0 aliphatic rings. The third kappa shape index (κ3) is 4.69. The van der Waals surface area contributed by atoms with Crippen molar-refractivity contribution in [2.45, 2.75) is 66.3 Å². The first-order valence-electron chi connectivity index (χ1n) is 7.24. The van der Waals surface area contributed by atoms with E-state index in [2.05, 4.69) is 44.9 Å². The summed E-state index contributed by atoms with van der Waals surface area (Å²) in [6.45, 7) is 12.2. The van der Waals surface area contributed by atoms with Crippen molar-refractivity contribution >= 4 is 11.3 Å². The normalized spacial score (nSPS) is 14.7. The van der Waals surface area contributed by atoms with Crippen molar-refractivity contribution in [3.8, 4) is 0 Å². The number of aryl methyl sites for hydroxylation is 2. The van der Waals surface area contributed by atoms with Gasteiger partial charge in [0.2, 0.25) is 0 Å². The molecule has 0 fully saturated rings. The summed E-state index contributed by atoms with van der Waals surface area (Å²) >= 11 is 1.86. The predicted octanol–water partition coefficient (Wildman–Crippen LogP) is 4.11. The fraction of sp³-hybridized carbons (Fsp3) is 0.800. The van der Waals surface area contributed by atoms with E-state index in [1.165, 1.54) is 34.8 Å². The first kappa shape index (κ1) is 15.6. The molecule has 0 bridgehead atoms. The summed E-state index contributed by atoms with van der Waals surface area (Å²) in [5.74, 6) is 0.731. The van der Waals surface area contributed by atoms with Crippen LogP contribution in [-0.2, 0) is 6.42 Å². The van der Waals surface area contributed by atoms with Crippen molar-refractivity contribution in [3.63, 3.8) is 0 Å². The molecule has 0 amide bonds. The minimum Gasteiger partial charge on any atom is -0.314 e. The molecule has 3 heteroatoms. The molecule has 1 aromatic heterocycles. The van der Waals surface area contributed by atoms with Crippen molar-refractivity contribution < 1.29 is 0 Å². The average Bonchev–Trinajstić information content (AvgIpc) is 2.65. The van der Waals surface area contributed by atoms with E-state index in [4.69, 9.17) is 0 Å². The third-order valence-electron chi connectivity index (χ3n) is 3.63. The van der Waals surface area contributed by atoms with Crippen molar-refractivity contribution in [2.24, 2.45) is 5.92 Å². The topological polar surface area (TPSA) is 24.9 Å². The van der Waals surface area contributed by atoms with Crippen LogP contribution in [0.4, 0.5) is 0 Å². The molecule has 0 spiro atoms. The Morgan fingerprint density at radius 1 is 1.28 bits per heavy atom. The number of nitrogens with one attached hydrogen (secondary N) is 1. The van der Waals surface area contributed by atoms with Gasteiger partial charge >= 0.3 is 0 Å². The molecule has 2 atom stereocenters. The first-order chi connectivity index (χ1) is 8.58. The molecule has 2 nitrogen and oxygen atoms in total. The van der Waals surface area contributed by atoms with Crippen LogP contribution in [0, 0.1) is 19.8 Å². The molecule has 1 heterocycles. The zero-order chi connectivity index (χ0) is 13.5. The Labute approximate surface area is 116 Å². The smallest absolute Gasteiger partial charge is 0.0946 e. The monoisotopic (exact) mass is 268 g/mol. The predicted molar refractivity (Wildman–Crippen MR) is 81.4 cm³/mol. The second-order valence-electron chi connectivity index (χ2n) is 5.24. The van der Waals surface area contributed by atoms with Gasteiger partial charge in [0.15, 0.2) is 0 Å². The number of thiazole rings is 1. The lowest BCUT2D eigenvalue weighted by molar-refractivity contribution is 0.352. The molecule has 0 saturated heterocycles. The average molecular weight is 268 g/mol. The van der Waals surface area contributed by atoms with Crippen molar-refractivity contribution in [3.05, 3.63) is 15.6 Å². The molecule has 1 rings (SSSR count). The molecule has 18 heavy (non-hydrogen) atoms. The molecule has 0 aromatic carbocycles. The van der Waals surface area contributed by atoms with E-state index >= 15 is 0 Å². The molecule has 0 aliphatic heterocycles. The Bertz CT molecular complexity index is 327. The van der Waals surface area contributed by atoms with Crippen LogP contribution < -0.4 is 5.32 Å². The van der Waals surface area contributed by atoms with E-state index in [0.717, 1.165) is 18.9 Å². The molecule has 2 unspecified atom stereocenters. The lowest BCUT2D eigenvalue weighted by atomic mass is 9.93. The highest BCUT2D eigenvalue weighted by Gasteiger charge is 2.18. The largest absolute Gasteiger partial charge is 0.314 e. The molecule has 0 saturated carbocycles. The van der Waals surface area contributed by atoms with E-state index in [0.29, 0.717) is 6.04 Å². The Morgan fingerprint density at radius 3 is 2.50 bits per heavy atom. The highest BCUT2D eigenvalue weighted by atomic mass is 32.1. The molecule has 104 valence electrons. The summed E-state index contributed by atoms with van der Waals surface area (Å²) in [6, 6.07) is 0.575. The van der Waals surface area contributed by atoms with Crippen LogP contribution in [0.15, 0.2) is 0 Å². The number of unbranched alkanes of at least 4 members (excludes halogenated alkanes) is 1. The minimum absolute atomic E-state index is 0.575. The van der Waals surface area contributed by atoms with E-state index in [1.54, 1.807) is 0 Å². The summed E-state index contributed by atoms with van der Waals surface area (Å²) in [6.07, 6.45) is 5.02. The molecule has 1 aromatic rings. The Morgan fingerprint density at radius 2 is 2.00 bits per heavy atom. The standard InChI is InChI=1S/C15H28N2S/c1-6-8-9-11(3)14(16-7-2)10-15-17-12(4)13(5)18-15/h11,14,16H,6-10H2,1-5H3. The zero-order valence-corrected chi connectivity index (χ0v) is 13.4. The molecule has 0 aliphatic carbocycles. The van der Waals surface area contributed by atoms with Crippen LogP contribution in [0.3, 0.4) is 0 Å². The van der Waals surface area contributed by atoms with E-state index in [1.807, 2.05) is 11.3 Å². The van der Waals surface area contributed by atoms with Crippen molar-refractivity contribution in [1.29, 1.82) is 0 Å². The van der Waals surface area contributed by atoms with Crippen molar-refractivity contribution in [2.75, 3.05) is 6.54 Å². The van der Waals surface area contributed by atoms with Gasteiger partial charge in [-0.25, -0.2) is 4.98 Å². The fourth-order valence-corrected chi connectivity index (χ4v) is 3.27. The van der Waals surface area contributed by atoms with E-state index in [9.17, 15) is 0 Å². The summed E-state index contributed by atoms with van der Waals surface area (Å²) in [5, 5.41) is 4.93. The number of hydrogen-bond donors (Lipinski definition) is 1. The van der Waals surface area contributed by atoms with Crippen LogP contribution in [0.25, 0.3) is 0 Å². The molecule has 1 N–H and O–H groups in total. The SMILES string of the molecule is CCCCC(C)C(Cc1nc(C)c(C)s1)NCC. The van der Waals surface area contributed by atoms with Gasteiger partial charge in [-0.2, -0.15) is 0 Å². The summed E-state index contributed by atoms with van der Waals surface area (Å²) < 4.78 is 0. The van der Waals surface area contributed by atoms with Gasteiger partial charge in [0.1, 0.15) is 0 Å². The maximum absolute atomic E-state index is 4.67.